The molecule has 0 aliphatic carbocycles. The molecule has 0 aromatic heterocycles. The molecular weight excluding hydrogens is 244 g/mol. The molecule has 1 aliphatic heterocycles. The van der Waals surface area contributed by atoms with Crippen molar-refractivity contribution in [3.8, 4) is 6.07 Å². The summed E-state index contributed by atoms with van der Waals surface area (Å²) in [5.41, 5.74) is 1.45. The Labute approximate surface area is 111 Å². The number of esters is 1. The third kappa shape index (κ3) is 2.91. The lowest BCUT2D eigenvalue weighted by molar-refractivity contribution is -0.145. The summed E-state index contributed by atoms with van der Waals surface area (Å²) in [5.74, 6) is -0.781. The van der Waals surface area contributed by atoms with Gasteiger partial charge in [-0.3, -0.25) is 9.59 Å². The molecule has 1 unspecified atom stereocenters. The van der Waals surface area contributed by atoms with E-state index in [1.54, 1.807) is 23.1 Å². The predicted octanol–water partition coefficient (Wildman–Crippen LogP) is 1.08. The van der Waals surface area contributed by atoms with Gasteiger partial charge in [0.25, 0.3) is 0 Å². The molecule has 5 heteroatoms. The maximum atomic E-state index is 11.8. The second kappa shape index (κ2) is 5.53. The van der Waals surface area contributed by atoms with E-state index in [1.165, 1.54) is 7.11 Å². The van der Waals surface area contributed by atoms with Crippen LogP contribution in [0.4, 0.5) is 0 Å². The summed E-state index contributed by atoms with van der Waals surface area (Å²) in [5, 5.41) is 8.83. The number of hydrogen-bond acceptors (Lipinski definition) is 4. The van der Waals surface area contributed by atoms with Gasteiger partial charge in [0.15, 0.2) is 0 Å². The summed E-state index contributed by atoms with van der Waals surface area (Å²) in [6, 6.07) is 9.17. The monoisotopic (exact) mass is 258 g/mol. The predicted molar refractivity (Wildman–Crippen MR) is 66.7 cm³/mol. The zero-order valence-corrected chi connectivity index (χ0v) is 10.6. The van der Waals surface area contributed by atoms with Gasteiger partial charge in [-0.2, -0.15) is 5.26 Å². The van der Waals surface area contributed by atoms with Crippen molar-refractivity contribution in [3.05, 3.63) is 35.4 Å². The van der Waals surface area contributed by atoms with Crippen LogP contribution in [-0.2, 0) is 20.9 Å². The van der Waals surface area contributed by atoms with Crippen molar-refractivity contribution in [3.63, 3.8) is 0 Å². The highest BCUT2D eigenvalue weighted by molar-refractivity contribution is 5.86. The lowest BCUT2D eigenvalue weighted by Crippen LogP contribution is -2.26. The van der Waals surface area contributed by atoms with Crippen LogP contribution in [0.15, 0.2) is 24.3 Å². The van der Waals surface area contributed by atoms with Gasteiger partial charge in [-0.1, -0.05) is 12.1 Å². The first-order valence-electron chi connectivity index (χ1n) is 5.98. The summed E-state index contributed by atoms with van der Waals surface area (Å²) >= 11 is 0. The number of nitriles is 1. The summed E-state index contributed by atoms with van der Waals surface area (Å²) < 4.78 is 4.66. The topological polar surface area (TPSA) is 70.4 Å². The average Bonchev–Trinajstić information content (AvgIpc) is 2.79. The third-order valence-corrected chi connectivity index (χ3v) is 3.18. The van der Waals surface area contributed by atoms with Gasteiger partial charge in [0.2, 0.25) is 5.91 Å². The van der Waals surface area contributed by atoms with E-state index in [-0.39, 0.29) is 24.2 Å². The van der Waals surface area contributed by atoms with Crippen LogP contribution >= 0.6 is 0 Å². The van der Waals surface area contributed by atoms with Crippen molar-refractivity contribution in [2.75, 3.05) is 13.7 Å². The highest BCUT2D eigenvalue weighted by atomic mass is 16.5. The zero-order valence-electron chi connectivity index (χ0n) is 10.6. The van der Waals surface area contributed by atoms with Gasteiger partial charge in [-0.05, 0) is 17.7 Å². The number of nitrogens with zero attached hydrogens (tertiary/aromatic N) is 2. The molecule has 1 amide bonds. The minimum atomic E-state index is -0.378. The van der Waals surface area contributed by atoms with Crippen LogP contribution in [0.5, 0.6) is 0 Å². The Bertz CT molecular complexity index is 548. The number of benzene rings is 1. The molecule has 2 rings (SSSR count). The van der Waals surface area contributed by atoms with E-state index in [0.717, 1.165) is 5.56 Å². The van der Waals surface area contributed by atoms with Gasteiger partial charge in [0, 0.05) is 19.5 Å². The summed E-state index contributed by atoms with van der Waals surface area (Å²) in [7, 11) is 1.33. The van der Waals surface area contributed by atoms with Crippen LogP contribution in [-0.4, -0.2) is 30.4 Å². The number of likely N-dealkylation sites (tertiary alicyclic amines) is 1. The number of methoxy groups -OCH3 is 1. The molecule has 1 aromatic rings. The SMILES string of the molecule is COC(=O)C1CC(=O)N(Cc2cccc(C#N)c2)C1. The van der Waals surface area contributed by atoms with Crippen molar-refractivity contribution in [2.45, 2.75) is 13.0 Å². The minimum Gasteiger partial charge on any atom is -0.469 e. The molecule has 0 radical (unpaired) electrons. The minimum absolute atomic E-state index is 0.0576. The lowest BCUT2D eigenvalue weighted by atomic mass is 10.1. The normalized spacial score (nSPS) is 18.2. The molecule has 19 heavy (non-hydrogen) atoms. The van der Waals surface area contributed by atoms with Gasteiger partial charge in [0.1, 0.15) is 0 Å². The van der Waals surface area contributed by atoms with Crippen LogP contribution in [0.3, 0.4) is 0 Å². The van der Waals surface area contributed by atoms with Crippen LogP contribution in [0, 0.1) is 17.2 Å². The molecule has 0 saturated carbocycles. The second-order valence-electron chi connectivity index (χ2n) is 4.51. The number of rotatable bonds is 3. The molecule has 0 spiro atoms. The molecule has 0 bridgehead atoms. The number of hydrogen-bond donors (Lipinski definition) is 0. The van der Waals surface area contributed by atoms with E-state index < -0.39 is 0 Å². The van der Waals surface area contributed by atoms with Crippen LogP contribution in [0.2, 0.25) is 0 Å². The highest BCUT2D eigenvalue weighted by Gasteiger charge is 2.34. The van der Waals surface area contributed by atoms with Crippen molar-refractivity contribution in [1.82, 2.24) is 4.90 Å². The molecule has 98 valence electrons. The molecule has 1 aromatic carbocycles. The highest BCUT2D eigenvalue weighted by Crippen LogP contribution is 2.21. The Morgan fingerprint density at radius 1 is 1.58 bits per heavy atom. The van der Waals surface area contributed by atoms with Crippen molar-refractivity contribution in [2.24, 2.45) is 5.92 Å². The average molecular weight is 258 g/mol. The fourth-order valence-corrected chi connectivity index (χ4v) is 2.21. The van der Waals surface area contributed by atoms with E-state index in [0.29, 0.717) is 18.7 Å². The number of ether oxygens (including phenoxy) is 1. The van der Waals surface area contributed by atoms with E-state index in [4.69, 9.17) is 5.26 Å². The maximum Gasteiger partial charge on any atom is 0.310 e. The van der Waals surface area contributed by atoms with Gasteiger partial charge < -0.3 is 9.64 Å². The van der Waals surface area contributed by atoms with Crippen molar-refractivity contribution in [1.29, 1.82) is 5.26 Å². The molecular formula is C14H14N2O3. The Balaban J connectivity index is 2.05. The van der Waals surface area contributed by atoms with E-state index in [9.17, 15) is 9.59 Å². The lowest BCUT2D eigenvalue weighted by Gasteiger charge is -2.16. The van der Waals surface area contributed by atoms with E-state index >= 15 is 0 Å². The number of amides is 1. The fourth-order valence-electron chi connectivity index (χ4n) is 2.21. The molecule has 1 aliphatic rings. The first-order valence-corrected chi connectivity index (χ1v) is 5.98. The summed E-state index contributed by atoms with van der Waals surface area (Å²) in [4.78, 5) is 24.9. The quantitative estimate of drug-likeness (QED) is 0.761. The van der Waals surface area contributed by atoms with Gasteiger partial charge >= 0.3 is 5.97 Å². The smallest absolute Gasteiger partial charge is 0.310 e. The molecule has 0 N–H and O–H groups in total. The number of carbonyl (C=O) groups excluding carboxylic acids is 2. The fraction of sp³-hybridized carbons (Fsp3) is 0.357. The van der Waals surface area contributed by atoms with Gasteiger partial charge in [-0.25, -0.2) is 0 Å². The first kappa shape index (κ1) is 13.1. The molecule has 5 nitrogen and oxygen atoms in total. The van der Waals surface area contributed by atoms with Crippen LogP contribution < -0.4 is 0 Å². The molecule has 1 atom stereocenters. The molecule has 1 fully saturated rings. The molecule has 1 saturated heterocycles. The van der Waals surface area contributed by atoms with Crippen molar-refractivity contribution < 1.29 is 14.3 Å². The second-order valence-corrected chi connectivity index (χ2v) is 4.51. The van der Waals surface area contributed by atoms with Crippen LogP contribution in [0.25, 0.3) is 0 Å². The maximum absolute atomic E-state index is 11.8. The summed E-state index contributed by atoms with van der Waals surface area (Å²) in [6.45, 7) is 0.796. The van der Waals surface area contributed by atoms with Crippen molar-refractivity contribution >= 4 is 11.9 Å². The Kier molecular flexibility index (Phi) is 3.81. The Morgan fingerprint density at radius 2 is 2.37 bits per heavy atom. The zero-order chi connectivity index (χ0) is 13.8. The largest absolute Gasteiger partial charge is 0.469 e. The van der Waals surface area contributed by atoms with E-state index in [1.807, 2.05) is 6.07 Å². The van der Waals surface area contributed by atoms with Gasteiger partial charge in [0.05, 0.1) is 24.7 Å². The Hall–Kier alpha value is -2.35. The third-order valence-electron chi connectivity index (χ3n) is 3.18. The number of carbonyl (C=O) groups is 2. The standard InChI is InChI=1S/C14H14N2O3/c1-19-14(18)12-6-13(17)16(9-12)8-11-4-2-3-10(5-11)7-15/h2-5,12H,6,8-9H2,1H3. The Morgan fingerprint density at radius 3 is 3.05 bits per heavy atom. The van der Waals surface area contributed by atoms with Crippen LogP contribution in [0.1, 0.15) is 17.5 Å². The first-order chi connectivity index (χ1) is 9.13. The summed E-state index contributed by atoms with van der Waals surface area (Å²) in [6.07, 6.45) is 0.199. The van der Waals surface area contributed by atoms with Gasteiger partial charge in [-0.15, -0.1) is 0 Å². The van der Waals surface area contributed by atoms with E-state index in [2.05, 4.69) is 10.8 Å². The molecule has 1 heterocycles.